The minimum Gasteiger partial charge on any atom is -0.337 e. The zero-order valence-electron chi connectivity index (χ0n) is 11.1. The van der Waals surface area contributed by atoms with Gasteiger partial charge in [-0.2, -0.15) is 4.31 Å². The number of carbonyl (C=O) groups excluding carboxylic acids is 1. The fourth-order valence-corrected chi connectivity index (χ4v) is 3.59. The van der Waals surface area contributed by atoms with Crippen molar-refractivity contribution >= 4 is 15.9 Å². The minimum absolute atomic E-state index is 0.0257. The molecule has 0 unspecified atom stereocenters. The van der Waals surface area contributed by atoms with Crippen LogP contribution in [0.1, 0.15) is 0 Å². The molecule has 0 aromatic heterocycles. The molecular formula is C13H14F2N2O3S. The molecule has 0 radical (unpaired) electrons. The molecule has 1 amide bonds. The van der Waals surface area contributed by atoms with Gasteiger partial charge in [-0.3, -0.25) is 4.79 Å². The SMILES string of the molecule is C=CC(=O)N1CCN(S(=O)(=O)c2cc(F)ccc2F)CC1. The summed E-state index contributed by atoms with van der Waals surface area (Å²) in [5, 5.41) is 0. The molecule has 1 heterocycles. The van der Waals surface area contributed by atoms with E-state index < -0.39 is 26.6 Å². The first-order chi connectivity index (χ1) is 9.86. The van der Waals surface area contributed by atoms with E-state index in [2.05, 4.69) is 6.58 Å². The molecule has 0 spiro atoms. The molecule has 1 saturated heterocycles. The number of benzene rings is 1. The van der Waals surface area contributed by atoms with Gasteiger partial charge in [-0.05, 0) is 24.3 Å². The van der Waals surface area contributed by atoms with Crippen LogP contribution in [0.3, 0.4) is 0 Å². The highest BCUT2D eigenvalue weighted by molar-refractivity contribution is 7.89. The molecule has 0 atom stereocenters. The Kier molecular flexibility index (Phi) is 4.38. The number of sulfonamides is 1. The van der Waals surface area contributed by atoms with Gasteiger partial charge in [-0.1, -0.05) is 6.58 Å². The summed E-state index contributed by atoms with van der Waals surface area (Å²) in [6, 6.07) is 2.29. The van der Waals surface area contributed by atoms with Gasteiger partial charge >= 0.3 is 0 Å². The summed E-state index contributed by atoms with van der Waals surface area (Å²) < 4.78 is 52.4. The van der Waals surface area contributed by atoms with Gasteiger partial charge in [0.05, 0.1) is 0 Å². The third-order valence-corrected chi connectivity index (χ3v) is 5.15. The summed E-state index contributed by atoms with van der Waals surface area (Å²) in [6.45, 7) is 3.77. The predicted molar refractivity (Wildman–Crippen MR) is 71.9 cm³/mol. The van der Waals surface area contributed by atoms with E-state index in [0.717, 1.165) is 22.5 Å². The zero-order chi connectivity index (χ0) is 15.6. The molecule has 0 aliphatic carbocycles. The smallest absolute Gasteiger partial charge is 0.246 e. The molecule has 1 fully saturated rings. The van der Waals surface area contributed by atoms with Crippen LogP contribution in [0, 0.1) is 11.6 Å². The number of piperazine rings is 1. The van der Waals surface area contributed by atoms with Gasteiger partial charge in [0.25, 0.3) is 0 Å². The standard InChI is InChI=1S/C13H14F2N2O3S/c1-2-13(18)16-5-7-17(8-6-16)21(19,20)12-9-10(14)3-4-11(12)15/h2-4,9H,1,5-8H2. The van der Waals surface area contributed by atoms with Crippen LogP contribution in [-0.4, -0.2) is 49.7 Å². The first-order valence-corrected chi connectivity index (χ1v) is 7.67. The normalized spacial score (nSPS) is 16.8. The molecule has 0 bridgehead atoms. The highest BCUT2D eigenvalue weighted by atomic mass is 32.2. The van der Waals surface area contributed by atoms with E-state index in [4.69, 9.17) is 0 Å². The van der Waals surface area contributed by atoms with Gasteiger partial charge in [0, 0.05) is 26.2 Å². The lowest BCUT2D eigenvalue weighted by atomic mass is 10.3. The Morgan fingerprint density at radius 3 is 2.38 bits per heavy atom. The largest absolute Gasteiger partial charge is 0.337 e. The molecule has 1 aliphatic heterocycles. The Balaban J connectivity index is 2.20. The van der Waals surface area contributed by atoms with Crippen LogP contribution in [0.5, 0.6) is 0 Å². The Hall–Kier alpha value is -1.80. The van der Waals surface area contributed by atoms with Crippen molar-refractivity contribution in [2.24, 2.45) is 0 Å². The highest BCUT2D eigenvalue weighted by Crippen LogP contribution is 2.21. The van der Waals surface area contributed by atoms with Crippen molar-refractivity contribution < 1.29 is 22.0 Å². The van der Waals surface area contributed by atoms with E-state index in [1.54, 1.807) is 0 Å². The van der Waals surface area contributed by atoms with Gasteiger partial charge in [-0.15, -0.1) is 0 Å². The lowest BCUT2D eigenvalue weighted by Crippen LogP contribution is -2.50. The molecule has 114 valence electrons. The molecule has 5 nitrogen and oxygen atoms in total. The van der Waals surface area contributed by atoms with Crippen LogP contribution >= 0.6 is 0 Å². The van der Waals surface area contributed by atoms with E-state index in [1.165, 1.54) is 4.90 Å². The molecule has 1 aliphatic rings. The number of rotatable bonds is 3. The maximum atomic E-state index is 13.6. The van der Waals surface area contributed by atoms with E-state index in [1.807, 2.05) is 0 Å². The lowest BCUT2D eigenvalue weighted by molar-refractivity contribution is -0.127. The molecule has 0 N–H and O–H groups in total. The third-order valence-electron chi connectivity index (χ3n) is 3.24. The average Bonchev–Trinajstić information content (AvgIpc) is 2.49. The summed E-state index contributed by atoms with van der Waals surface area (Å²) in [5.74, 6) is -2.11. The van der Waals surface area contributed by atoms with Crippen LogP contribution < -0.4 is 0 Å². The van der Waals surface area contributed by atoms with Crippen LogP contribution in [-0.2, 0) is 14.8 Å². The number of nitrogens with zero attached hydrogens (tertiary/aromatic N) is 2. The van der Waals surface area contributed by atoms with Gasteiger partial charge in [0.15, 0.2) is 0 Å². The number of halogens is 2. The first-order valence-electron chi connectivity index (χ1n) is 6.23. The van der Waals surface area contributed by atoms with Crippen molar-refractivity contribution in [1.82, 2.24) is 9.21 Å². The Morgan fingerprint density at radius 1 is 1.19 bits per heavy atom. The van der Waals surface area contributed by atoms with Crippen molar-refractivity contribution in [3.63, 3.8) is 0 Å². The number of hydrogen-bond acceptors (Lipinski definition) is 3. The maximum Gasteiger partial charge on any atom is 0.246 e. The van der Waals surface area contributed by atoms with E-state index in [0.29, 0.717) is 6.07 Å². The summed E-state index contributed by atoms with van der Waals surface area (Å²) in [7, 11) is -4.12. The molecule has 1 aromatic carbocycles. The van der Waals surface area contributed by atoms with Crippen molar-refractivity contribution in [1.29, 1.82) is 0 Å². The first kappa shape index (κ1) is 15.6. The highest BCUT2D eigenvalue weighted by Gasteiger charge is 2.31. The second kappa shape index (κ2) is 5.90. The van der Waals surface area contributed by atoms with Crippen LogP contribution in [0.15, 0.2) is 35.7 Å². The monoisotopic (exact) mass is 316 g/mol. The fourth-order valence-electron chi connectivity index (χ4n) is 2.09. The minimum atomic E-state index is -4.12. The number of amides is 1. The second-order valence-corrected chi connectivity index (χ2v) is 6.41. The fraction of sp³-hybridized carbons (Fsp3) is 0.308. The Morgan fingerprint density at radius 2 is 1.81 bits per heavy atom. The number of hydrogen-bond donors (Lipinski definition) is 0. The van der Waals surface area contributed by atoms with E-state index in [9.17, 15) is 22.0 Å². The molecule has 21 heavy (non-hydrogen) atoms. The zero-order valence-corrected chi connectivity index (χ0v) is 11.9. The van der Waals surface area contributed by atoms with Gasteiger partial charge < -0.3 is 4.90 Å². The van der Waals surface area contributed by atoms with Crippen molar-refractivity contribution in [3.8, 4) is 0 Å². The summed E-state index contributed by atoms with van der Waals surface area (Å²) in [6.07, 6.45) is 1.15. The maximum absolute atomic E-state index is 13.6. The molecule has 8 heteroatoms. The van der Waals surface area contributed by atoms with Crippen LogP contribution in [0.25, 0.3) is 0 Å². The number of carbonyl (C=O) groups is 1. The van der Waals surface area contributed by atoms with E-state index in [-0.39, 0.29) is 32.1 Å². The Bertz CT molecular complexity index is 668. The van der Waals surface area contributed by atoms with Gasteiger partial charge in [0.1, 0.15) is 16.5 Å². The second-order valence-electron chi connectivity index (χ2n) is 4.51. The van der Waals surface area contributed by atoms with Crippen LogP contribution in [0.4, 0.5) is 8.78 Å². The molecular weight excluding hydrogens is 302 g/mol. The molecule has 0 saturated carbocycles. The quantitative estimate of drug-likeness (QED) is 0.781. The van der Waals surface area contributed by atoms with Gasteiger partial charge in [-0.25, -0.2) is 17.2 Å². The summed E-state index contributed by atoms with van der Waals surface area (Å²) >= 11 is 0. The summed E-state index contributed by atoms with van der Waals surface area (Å²) in [5.41, 5.74) is 0. The molecule has 2 rings (SSSR count). The average molecular weight is 316 g/mol. The van der Waals surface area contributed by atoms with Gasteiger partial charge in [0.2, 0.25) is 15.9 Å². The van der Waals surface area contributed by atoms with Crippen LogP contribution in [0.2, 0.25) is 0 Å². The van der Waals surface area contributed by atoms with E-state index >= 15 is 0 Å². The third kappa shape index (κ3) is 3.11. The van der Waals surface area contributed by atoms with Crippen molar-refractivity contribution in [3.05, 3.63) is 42.5 Å². The lowest BCUT2D eigenvalue weighted by Gasteiger charge is -2.33. The summed E-state index contributed by atoms with van der Waals surface area (Å²) in [4.78, 5) is 12.2. The van der Waals surface area contributed by atoms with Crippen molar-refractivity contribution in [2.75, 3.05) is 26.2 Å². The topological polar surface area (TPSA) is 57.7 Å². The predicted octanol–water partition coefficient (Wildman–Crippen LogP) is 0.984. The molecule has 1 aromatic rings. The Labute approximate surface area is 121 Å². The van der Waals surface area contributed by atoms with Crippen molar-refractivity contribution in [2.45, 2.75) is 4.90 Å².